The van der Waals surface area contributed by atoms with Crippen LogP contribution in [0, 0.1) is 12.3 Å². The number of hydrogen-bond acceptors (Lipinski definition) is 4. The van der Waals surface area contributed by atoms with Gasteiger partial charge in [0.15, 0.2) is 0 Å². The summed E-state index contributed by atoms with van der Waals surface area (Å²) < 4.78 is 0. The fourth-order valence-corrected chi connectivity index (χ4v) is 5.79. The molecular formula is C24H32N2O2S. The molecular weight excluding hydrogens is 380 g/mol. The number of piperidine rings is 2. The number of carbonyl (C=O) groups excluding carboxylic acids is 1. The molecule has 1 aromatic carbocycles. The molecule has 2 aliphatic rings. The van der Waals surface area contributed by atoms with Crippen molar-refractivity contribution in [1.29, 1.82) is 0 Å². The van der Waals surface area contributed by atoms with Crippen LogP contribution in [0.1, 0.15) is 51.4 Å². The lowest BCUT2D eigenvalue weighted by atomic mass is 9.72. The maximum atomic E-state index is 12.9. The third kappa shape index (κ3) is 4.90. The van der Waals surface area contributed by atoms with Crippen molar-refractivity contribution in [2.24, 2.45) is 5.41 Å². The topological polar surface area (TPSA) is 43.8 Å². The Kier molecular flexibility index (Phi) is 6.38. The molecule has 2 saturated heterocycles. The molecule has 0 saturated carbocycles. The first-order valence-corrected chi connectivity index (χ1v) is 11.7. The van der Waals surface area contributed by atoms with Crippen molar-refractivity contribution >= 4 is 17.2 Å². The molecule has 2 aliphatic heterocycles. The molecule has 4 rings (SSSR count). The van der Waals surface area contributed by atoms with Gasteiger partial charge in [0, 0.05) is 31.1 Å². The van der Waals surface area contributed by atoms with Gasteiger partial charge < -0.3 is 10.0 Å². The lowest BCUT2D eigenvalue weighted by Gasteiger charge is -2.47. The van der Waals surface area contributed by atoms with Crippen molar-refractivity contribution < 1.29 is 9.90 Å². The molecule has 1 aromatic heterocycles. The van der Waals surface area contributed by atoms with Gasteiger partial charge in [-0.25, -0.2) is 0 Å². The van der Waals surface area contributed by atoms with Crippen LogP contribution in [0.15, 0.2) is 36.4 Å². The third-order valence-corrected chi connectivity index (χ3v) is 7.60. The van der Waals surface area contributed by atoms with Crippen molar-refractivity contribution in [3.05, 3.63) is 57.3 Å². The molecule has 0 unspecified atom stereocenters. The van der Waals surface area contributed by atoms with E-state index in [1.54, 1.807) is 11.3 Å². The molecule has 1 amide bonds. The largest absolute Gasteiger partial charge is 0.396 e. The Bertz CT molecular complexity index is 839. The SMILES string of the molecule is Cc1ccc(C(=O)N2CCCC3(CCN(Cc4cccc(CCO)c4)CC3)C2)s1. The van der Waals surface area contributed by atoms with E-state index >= 15 is 0 Å². The summed E-state index contributed by atoms with van der Waals surface area (Å²) in [6.45, 7) is 7.27. The van der Waals surface area contributed by atoms with Crippen molar-refractivity contribution in [3.8, 4) is 0 Å². The number of amides is 1. The van der Waals surface area contributed by atoms with Gasteiger partial charge in [-0.3, -0.25) is 9.69 Å². The van der Waals surface area contributed by atoms with Crippen molar-refractivity contribution in [2.45, 2.75) is 45.6 Å². The lowest BCUT2D eigenvalue weighted by Crippen LogP contribution is -2.50. The number of carbonyl (C=O) groups is 1. The Balaban J connectivity index is 1.34. The lowest BCUT2D eigenvalue weighted by molar-refractivity contribution is 0.0200. The maximum absolute atomic E-state index is 12.9. The van der Waals surface area contributed by atoms with Crippen LogP contribution in [0.25, 0.3) is 0 Å². The third-order valence-electron chi connectivity index (χ3n) is 6.61. The first-order valence-electron chi connectivity index (χ1n) is 10.8. The zero-order chi connectivity index (χ0) is 20.3. The molecule has 0 aliphatic carbocycles. The van der Waals surface area contributed by atoms with Gasteiger partial charge in [-0.1, -0.05) is 24.3 Å². The van der Waals surface area contributed by atoms with Crippen LogP contribution < -0.4 is 0 Å². The summed E-state index contributed by atoms with van der Waals surface area (Å²) in [4.78, 5) is 19.7. The zero-order valence-corrected chi connectivity index (χ0v) is 18.2. The molecule has 2 fully saturated rings. The highest BCUT2D eigenvalue weighted by Crippen LogP contribution is 2.40. The van der Waals surface area contributed by atoms with E-state index < -0.39 is 0 Å². The van der Waals surface area contributed by atoms with Crippen molar-refractivity contribution in [1.82, 2.24) is 9.80 Å². The number of nitrogens with zero attached hydrogens (tertiary/aromatic N) is 2. The fourth-order valence-electron chi connectivity index (χ4n) is 4.95. The number of benzene rings is 1. The minimum Gasteiger partial charge on any atom is -0.396 e. The van der Waals surface area contributed by atoms with E-state index in [1.807, 2.05) is 12.1 Å². The summed E-state index contributed by atoms with van der Waals surface area (Å²) >= 11 is 1.62. The summed E-state index contributed by atoms with van der Waals surface area (Å²) in [5.41, 5.74) is 2.85. The van der Waals surface area contributed by atoms with Gasteiger partial charge in [0.2, 0.25) is 0 Å². The van der Waals surface area contributed by atoms with E-state index in [4.69, 9.17) is 5.11 Å². The molecule has 2 aromatic rings. The molecule has 156 valence electrons. The number of rotatable bonds is 5. The van der Waals surface area contributed by atoms with Crippen LogP contribution in [-0.2, 0) is 13.0 Å². The number of likely N-dealkylation sites (tertiary alicyclic amines) is 2. The van der Waals surface area contributed by atoms with Crippen LogP contribution in [0.5, 0.6) is 0 Å². The van der Waals surface area contributed by atoms with Gasteiger partial charge in [-0.2, -0.15) is 0 Å². The number of aryl methyl sites for hydroxylation is 1. The molecule has 29 heavy (non-hydrogen) atoms. The van der Waals surface area contributed by atoms with Crippen LogP contribution in [0.3, 0.4) is 0 Å². The van der Waals surface area contributed by atoms with Crippen molar-refractivity contribution in [3.63, 3.8) is 0 Å². The number of hydrogen-bond donors (Lipinski definition) is 1. The molecule has 0 radical (unpaired) electrons. The highest BCUT2D eigenvalue weighted by molar-refractivity contribution is 7.13. The van der Waals surface area contributed by atoms with Gasteiger partial charge in [0.25, 0.3) is 5.91 Å². The second kappa shape index (κ2) is 8.99. The van der Waals surface area contributed by atoms with E-state index in [9.17, 15) is 4.79 Å². The summed E-state index contributed by atoms with van der Waals surface area (Å²) in [6, 6.07) is 12.6. The normalized spacial score (nSPS) is 19.6. The number of aliphatic hydroxyl groups excluding tert-OH is 1. The van der Waals surface area contributed by atoms with Crippen LogP contribution >= 0.6 is 11.3 Å². The van der Waals surface area contributed by atoms with Gasteiger partial charge in [-0.15, -0.1) is 11.3 Å². The second-order valence-electron chi connectivity index (χ2n) is 8.81. The van der Waals surface area contributed by atoms with Gasteiger partial charge in [0.05, 0.1) is 4.88 Å². The summed E-state index contributed by atoms with van der Waals surface area (Å²) in [6.07, 6.45) is 5.46. The maximum Gasteiger partial charge on any atom is 0.263 e. The zero-order valence-electron chi connectivity index (χ0n) is 17.4. The number of thiophene rings is 1. The Hall–Kier alpha value is -1.69. The molecule has 1 spiro atoms. The van der Waals surface area contributed by atoms with E-state index in [-0.39, 0.29) is 12.5 Å². The van der Waals surface area contributed by atoms with Crippen LogP contribution in [0.4, 0.5) is 0 Å². The average Bonchev–Trinajstić information content (AvgIpc) is 3.16. The van der Waals surface area contributed by atoms with E-state index in [0.29, 0.717) is 5.41 Å². The Morgan fingerprint density at radius 3 is 2.62 bits per heavy atom. The van der Waals surface area contributed by atoms with Gasteiger partial charge >= 0.3 is 0 Å². The highest BCUT2D eigenvalue weighted by atomic mass is 32.1. The monoisotopic (exact) mass is 412 g/mol. The highest BCUT2D eigenvalue weighted by Gasteiger charge is 2.39. The number of aliphatic hydroxyl groups is 1. The van der Waals surface area contributed by atoms with Crippen molar-refractivity contribution in [2.75, 3.05) is 32.8 Å². The van der Waals surface area contributed by atoms with Crippen LogP contribution in [-0.4, -0.2) is 53.6 Å². The molecule has 0 atom stereocenters. The van der Waals surface area contributed by atoms with E-state index in [1.165, 1.54) is 35.3 Å². The molecule has 0 bridgehead atoms. The molecule has 3 heterocycles. The standard InChI is InChI=1S/C24H32N2O2S/c1-19-6-7-22(29-19)23(28)26-12-3-9-24(18-26)10-13-25(14-11-24)17-21-5-2-4-20(16-21)8-15-27/h2,4-7,16,27H,3,8-15,17-18H2,1H3. The second-order valence-corrected chi connectivity index (χ2v) is 10.1. The molecule has 5 heteroatoms. The smallest absolute Gasteiger partial charge is 0.263 e. The first kappa shape index (κ1) is 20.6. The Morgan fingerprint density at radius 2 is 1.90 bits per heavy atom. The molecule has 1 N–H and O–H groups in total. The summed E-state index contributed by atoms with van der Waals surface area (Å²) in [7, 11) is 0. The minimum absolute atomic E-state index is 0.204. The predicted molar refractivity (Wildman–Crippen MR) is 118 cm³/mol. The minimum atomic E-state index is 0.204. The average molecular weight is 413 g/mol. The summed E-state index contributed by atoms with van der Waals surface area (Å²) in [5.74, 6) is 0.227. The quantitative estimate of drug-likeness (QED) is 0.804. The molecule has 4 nitrogen and oxygen atoms in total. The van der Waals surface area contributed by atoms with Gasteiger partial charge in [0.1, 0.15) is 0 Å². The Morgan fingerprint density at radius 1 is 1.10 bits per heavy atom. The first-order chi connectivity index (χ1) is 14.1. The van der Waals surface area contributed by atoms with E-state index in [0.717, 1.165) is 50.4 Å². The summed E-state index contributed by atoms with van der Waals surface area (Å²) in [5, 5.41) is 9.17. The van der Waals surface area contributed by atoms with E-state index in [2.05, 4.69) is 41.0 Å². The fraction of sp³-hybridized carbons (Fsp3) is 0.542. The van der Waals surface area contributed by atoms with Gasteiger partial charge in [-0.05, 0) is 80.8 Å². The van der Waals surface area contributed by atoms with Crippen LogP contribution in [0.2, 0.25) is 0 Å². The predicted octanol–water partition coefficient (Wildman–Crippen LogP) is 4.11. The Labute approximate surface area is 178 Å².